The molecule has 90 valence electrons. The van der Waals surface area contributed by atoms with Crippen molar-refractivity contribution in [3.05, 3.63) is 12.7 Å². The van der Waals surface area contributed by atoms with Crippen LogP contribution >= 0.6 is 0 Å². The van der Waals surface area contributed by atoms with Gasteiger partial charge < -0.3 is 10.6 Å². The molecule has 4 nitrogen and oxygen atoms in total. The van der Waals surface area contributed by atoms with E-state index >= 15 is 0 Å². The minimum absolute atomic E-state index is 0.165. The van der Waals surface area contributed by atoms with Crippen molar-refractivity contribution < 1.29 is 9.59 Å². The molecule has 1 fully saturated rings. The van der Waals surface area contributed by atoms with Crippen molar-refractivity contribution in [2.45, 2.75) is 38.6 Å². The molecule has 16 heavy (non-hydrogen) atoms. The van der Waals surface area contributed by atoms with Crippen LogP contribution in [0.5, 0.6) is 0 Å². The first-order chi connectivity index (χ1) is 7.63. The fourth-order valence-corrected chi connectivity index (χ4v) is 1.90. The van der Waals surface area contributed by atoms with Crippen molar-refractivity contribution in [1.82, 2.24) is 10.6 Å². The first kappa shape index (κ1) is 12.7. The lowest BCUT2D eigenvalue weighted by Crippen LogP contribution is -2.45. The summed E-state index contributed by atoms with van der Waals surface area (Å²) in [5.74, 6) is -0.359. The fraction of sp³-hybridized carbons (Fsp3) is 0.667. The summed E-state index contributed by atoms with van der Waals surface area (Å²) in [6.45, 7) is 6.01. The third-order valence-electron chi connectivity index (χ3n) is 2.96. The van der Waals surface area contributed by atoms with Gasteiger partial charge in [0.1, 0.15) is 0 Å². The number of nitrogens with one attached hydrogen (secondary N) is 2. The predicted octanol–water partition coefficient (Wildman–Crippen LogP) is 0.983. The van der Waals surface area contributed by atoms with Crippen molar-refractivity contribution in [3.63, 3.8) is 0 Å². The molecule has 0 aliphatic heterocycles. The Morgan fingerprint density at radius 3 is 2.44 bits per heavy atom. The maximum Gasteiger partial charge on any atom is 0.309 e. The second-order valence-corrected chi connectivity index (χ2v) is 4.43. The molecule has 0 aromatic heterocycles. The molecule has 0 unspecified atom stereocenters. The fourth-order valence-electron chi connectivity index (χ4n) is 1.90. The molecule has 2 amide bonds. The van der Waals surface area contributed by atoms with E-state index in [1.165, 1.54) is 0 Å². The van der Waals surface area contributed by atoms with Crippen LogP contribution in [0.1, 0.15) is 32.6 Å². The lowest BCUT2D eigenvalue weighted by molar-refractivity contribution is -0.139. The molecule has 0 bridgehead atoms. The first-order valence-corrected chi connectivity index (χ1v) is 5.83. The molecule has 0 heterocycles. The largest absolute Gasteiger partial charge is 0.345 e. The van der Waals surface area contributed by atoms with Gasteiger partial charge in [-0.3, -0.25) is 9.59 Å². The van der Waals surface area contributed by atoms with Gasteiger partial charge >= 0.3 is 11.8 Å². The van der Waals surface area contributed by atoms with Crippen LogP contribution in [0.4, 0.5) is 0 Å². The highest BCUT2D eigenvalue weighted by Crippen LogP contribution is 2.23. The average Bonchev–Trinajstić information content (AvgIpc) is 2.29. The number of hydrogen-bond donors (Lipinski definition) is 2. The van der Waals surface area contributed by atoms with Crippen LogP contribution < -0.4 is 10.6 Å². The highest BCUT2D eigenvalue weighted by molar-refractivity contribution is 6.35. The van der Waals surface area contributed by atoms with Crippen LogP contribution in [0.2, 0.25) is 0 Å². The summed E-state index contributed by atoms with van der Waals surface area (Å²) in [5, 5.41) is 5.22. The molecule has 0 aromatic rings. The van der Waals surface area contributed by atoms with Gasteiger partial charge in [-0.25, -0.2) is 0 Å². The molecule has 1 saturated carbocycles. The molecule has 0 spiro atoms. The molecule has 1 rings (SSSR count). The maximum absolute atomic E-state index is 11.4. The SMILES string of the molecule is C=CCNC(=O)C(=O)NC1CCC(C)CC1. The van der Waals surface area contributed by atoms with E-state index < -0.39 is 11.8 Å². The Labute approximate surface area is 96.5 Å². The minimum atomic E-state index is -0.571. The molecule has 2 N–H and O–H groups in total. The van der Waals surface area contributed by atoms with Gasteiger partial charge in [0.15, 0.2) is 0 Å². The molecule has 4 heteroatoms. The maximum atomic E-state index is 11.4. The standard InChI is InChI=1S/C12H20N2O2/c1-3-8-13-11(15)12(16)14-10-6-4-9(2)5-7-10/h3,9-10H,1,4-8H2,2H3,(H,13,15)(H,14,16). The smallest absolute Gasteiger partial charge is 0.309 e. The Hall–Kier alpha value is -1.32. The summed E-state index contributed by atoms with van der Waals surface area (Å²) in [6.07, 6.45) is 5.75. The number of rotatable bonds is 3. The van der Waals surface area contributed by atoms with Crippen LogP contribution in [-0.2, 0) is 9.59 Å². The third kappa shape index (κ3) is 4.04. The lowest BCUT2D eigenvalue weighted by Gasteiger charge is -2.26. The second kappa shape index (κ2) is 6.30. The molecule has 0 aromatic carbocycles. The topological polar surface area (TPSA) is 58.2 Å². The molecule has 1 aliphatic rings. The highest BCUT2D eigenvalue weighted by atomic mass is 16.2. The third-order valence-corrected chi connectivity index (χ3v) is 2.96. The van der Waals surface area contributed by atoms with Gasteiger partial charge in [-0.15, -0.1) is 6.58 Å². The second-order valence-electron chi connectivity index (χ2n) is 4.43. The van der Waals surface area contributed by atoms with E-state index in [1.807, 2.05) is 0 Å². The van der Waals surface area contributed by atoms with Crippen molar-refractivity contribution in [1.29, 1.82) is 0 Å². The van der Waals surface area contributed by atoms with E-state index in [1.54, 1.807) is 6.08 Å². The quantitative estimate of drug-likeness (QED) is 0.554. The zero-order valence-corrected chi connectivity index (χ0v) is 9.79. The van der Waals surface area contributed by atoms with Gasteiger partial charge in [0.2, 0.25) is 0 Å². The number of hydrogen-bond acceptors (Lipinski definition) is 2. The van der Waals surface area contributed by atoms with E-state index in [0.717, 1.165) is 31.6 Å². The zero-order valence-electron chi connectivity index (χ0n) is 9.79. The predicted molar refractivity (Wildman–Crippen MR) is 62.8 cm³/mol. The van der Waals surface area contributed by atoms with E-state index in [9.17, 15) is 9.59 Å². The molecule has 0 radical (unpaired) electrons. The van der Waals surface area contributed by atoms with Gasteiger partial charge in [-0.2, -0.15) is 0 Å². The average molecular weight is 224 g/mol. The van der Waals surface area contributed by atoms with Gasteiger partial charge in [0.05, 0.1) is 0 Å². The highest BCUT2D eigenvalue weighted by Gasteiger charge is 2.22. The van der Waals surface area contributed by atoms with Gasteiger partial charge in [-0.05, 0) is 31.6 Å². The number of carbonyl (C=O) groups excluding carboxylic acids is 2. The summed E-state index contributed by atoms with van der Waals surface area (Å²) >= 11 is 0. The van der Waals surface area contributed by atoms with Crippen LogP contribution in [0.3, 0.4) is 0 Å². The Balaban J connectivity index is 2.28. The van der Waals surface area contributed by atoms with Crippen molar-refractivity contribution >= 4 is 11.8 Å². The summed E-state index contributed by atoms with van der Waals surface area (Å²) < 4.78 is 0. The van der Waals surface area contributed by atoms with Crippen molar-refractivity contribution in [2.75, 3.05) is 6.54 Å². The van der Waals surface area contributed by atoms with Gasteiger partial charge in [0, 0.05) is 12.6 Å². The molecule has 0 atom stereocenters. The zero-order chi connectivity index (χ0) is 12.0. The monoisotopic (exact) mass is 224 g/mol. The normalized spacial score (nSPS) is 24.6. The number of amides is 2. The van der Waals surface area contributed by atoms with Gasteiger partial charge in [-0.1, -0.05) is 13.0 Å². The van der Waals surface area contributed by atoms with Crippen molar-refractivity contribution in [2.24, 2.45) is 5.92 Å². The van der Waals surface area contributed by atoms with E-state index in [0.29, 0.717) is 6.54 Å². The first-order valence-electron chi connectivity index (χ1n) is 5.83. The summed E-state index contributed by atoms with van der Waals surface area (Å²) in [7, 11) is 0. The van der Waals surface area contributed by atoms with Crippen LogP contribution in [0.15, 0.2) is 12.7 Å². The van der Waals surface area contributed by atoms with Crippen LogP contribution in [0, 0.1) is 5.92 Å². The Bertz CT molecular complexity index is 268. The van der Waals surface area contributed by atoms with Crippen LogP contribution in [-0.4, -0.2) is 24.4 Å². The van der Waals surface area contributed by atoms with E-state index in [2.05, 4.69) is 24.1 Å². The Morgan fingerprint density at radius 2 is 1.88 bits per heavy atom. The van der Waals surface area contributed by atoms with Gasteiger partial charge in [0.25, 0.3) is 0 Å². The van der Waals surface area contributed by atoms with E-state index in [-0.39, 0.29) is 6.04 Å². The van der Waals surface area contributed by atoms with Crippen molar-refractivity contribution in [3.8, 4) is 0 Å². The summed E-state index contributed by atoms with van der Waals surface area (Å²) in [5.41, 5.74) is 0. The summed E-state index contributed by atoms with van der Waals surface area (Å²) in [6, 6.07) is 0.165. The molecular formula is C12H20N2O2. The van der Waals surface area contributed by atoms with Crippen LogP contribution in [0.25, 0.3) is 0 Å². The molecular weight excluding hydrogens is 204 g/mol. The Kier molecular flexibility index (Phi) is 5.02. The lowest BCUT2D eigenvalue weighted by atomic mass is 9.87. The molecule has 0 saturated heterocycles. The minimum Gasteiger partial charge on any atom is -0.345 e. The Morgan fingerprint density at radius 1 is 1.25 bits per heavy atom. The van der Waals surface area contributed by atoms with E-state index in [4.69, 9.17) is 0 Å². The number of carbonyl (C=O) groups is 2. The molecule has 1 aliphatic carbocycles. The summed E-state index contributed by atoms with van der Waals surface area (Å²) in [4.78, 5) is 22.7.